The lowest BCUT2D eigenvalue weighted by Gasteiger charge is -2.20. The lowest BCUT2D eigenvalue weighted by atomic mass is 10.2. The van der Waals surface area contributed by atoms with Gasteiger partial charge in [0, 0.05) is 11.9 Å². The summed E-state index contributed by atoms with van der Waals surface area (Å²) in [4.78, 5) is 2.31. The zero-order valence-electron chi connectivity index (χ0n) is 9.35. The molecule has 0 aliphatic carbocycles. The van der Waals surface area contributed by atoms with Crippen LogP contribution in [0.2, 0.25) is 0 Å². The summed E-state index contributed by atoms with van der Waals surface area (Å²) < 4.78 is 13.9. The second kappa shape index (κ2) is 7.41. The van der Waals surface area contributed by atoms with Gasteiger partial charge in [0.1, 0.15) is 5.82 Å². The molecule has 0 atom stereocenters. The lowest BCUT2D eigenvalue weighted by molar-refractivity contribution is 0.281. The summed E-state index contributed by atoms with van der Waals surface area (Å²) in [6.45, 7) is 4.93. The molecule has 0 saturated carbocycles. The summed E-state index contributed by atoms with van der Waals surface area (Å²) >= 11 is 6.72. The Balaban J connectivity index is 2.66. The number of hydrogen-bond donors (Lipinski definition) is 0. The predicted octanol–water partition coefficient (Wildman–Crippen LogP) is 4.20. The molecule has 1 nitrogen and oxygen atoms in total. The van der Waals surface area contributed by atoms with Crippen LogP contribution >= 0.6 is 31.9 Å². The fourth-order valence-corrected chi connectivity index (χ4v) is 2.18. The van der Waals surface area contributed by atoms with Gasteiger partial charge in [0.25, 0.3) is 0 Å². The van der Waals surface area contributed by atoms with Crippen molar-refractivity contribution in [3.8, 4) is 0 Å². The molecular formula is C12H16Br2FN. The van der Waals surface area contributed by atoms with Gasteiger partial charge in [-0.1, -0.05) is 35.0 Å². The zero-order valence-corrected chi connectivity index (χ0v) is 12.5. The van der Waals surface area contributed by atoms with Crippen LogP contribution in [0.15, 0.2) is 22.7 Å². The molecule has 0 aliphatic heterocycles. The van der Waals surface area contributed by atoms with Crippen molar-refractivity contribution in [3.05, 3.63) is 34.1 Å². The maximum atomic E-state index is 13.3. The maximum absolute atomic E-state index is 13.3. The van der Waals surface area contributed by atoms with Crippen LogP contribution < -0.4 is 0 Å². The highest BCUT2D eigenvalue weighted by Crippen LogP contribution is 2.21. The van der Waals surface area contributed by atoms with Crippen LogP contribution in [-0.2, 0) is 6.54 Å². The molecule has 0 unspecified atom stereocenters. The van der Waals surface area contributed by atoms with Crippen molar-refractivity contribution in [1.29, 1.82) is 0 Å². The summed E-state index contributed by atoms with van der Waals surface area (Å²) in [5, 5.41) is 1.01. The van der Waals surface area contributed by atoms with Gasteiger partial charge in [-0.2, -0.15) is 0 Å². The second-order valence-electron chi connectivity index (χ2n) is 3.62. The topological polar surface area (TPSA) is 3.24 Å². The second-order valence-corrected chi connectivity index (χ2v) is 5.21. The van der Waals surface area contributed by atoms with Gasteiger partial charge < -0.3 is 0 Å². The summed E-state index contributed by atoms with van der Waals surface area (Å²) in [5.41, 5.74) is 1.01. The molecule has 90 valence electrons. The third-order valence-electron chi connectivity index (χ3n) is 2.48. The van der Waals surface area contributed by atoms with Crippen LogP contribution in [0.1, 0.15) is 18.9 Å². The Kier molecular flexibility index (Phi) is 6.54. The highest BCUT2D eigenvalue weighted by atomic mass is 79.9. The summed E-state index contributed by atoms with van der Waals surface area (Å²) in [6, 6.07) is 5.19. The molecule has 0 saturated heterocycles. The smallest absolute Gasteiger partial charge is 0.137 e. The van der Waals surface area contributed by atoms with E-state index in [-0.39, 0.29) is 5.82 Å². The van der Waals surface area contributed by atoms with E-state index in [1.165, 1.54) is 6.07 Å². The van der Waals surface area contributed by atoms with Gasteiger partial charge in [-0.05, 0) is 47.1 Å². The molecule has 16 heavy (non-hydrogen) atoms. The van der Waals surface area contributed by atoms with E-state index in [1.54, 1.807) is 6.07 Å². The number of benzene rings is 1. The monoisotopic (exact) mass is 351 g/mol. The average molecular weight is 353 g/mol. The molecule has 4 heteroatoms. The van der Waals surface area contributed by atoms with Crippen LogP contribution in [0.4, 0.5) is 4.39 Å². The van der Waals surface area contributed by atoms with Crippen LogP contribution in [0, 0.1) is 5.82 Å². The number of nitrogens with zero attached hydrogens (tertiary/aromatic N) is 1. The molecular weight excluding hydrogens is 337 g/mol. The van der Waals surface area contributed by atoms with E-state index >= 15 is 0 Å². The van der Waals surface area contributed by atoms with Gasteiger partial charge in [0.05, 0.1) is 4.47 Å². The van der Waals surface area contributed by atoms with E-state index in [2.05, 4.69) is 43.7 Å². The van der Waals surface area contributed by atoms with Crippen LogP contribution in [0.25, 0.3) is 0 Å². The van der Waals surface area contributed by atoms with Crippen molar-refractivity contribution in [2.75, 3.05) is 18.4 Å². The Morgan fingerprint density at radius 3 is 2.75 bits per heavy atom. The summed E-state index contributed by atoms with van der Waals surface area (Å²) in [7, 11) is 0. The standard InChI is InChI=1S/C12H16Br2FN/c1-2-16(8-4-7-13)9-10-5-3-6-11(15)12(10)14/h3,5-6H,2,4,7-9H2,1H3. The number of halogens is 3. The molecule has 1 aromatic rings. The quantitative estimate of drug-likeness (QED) is 0.693. The molecule has 0 heterocycles. The van der Waals surface area contributed by atoms with Gasteiger partial charge >= 0.3 is 0 Å². The first-order chi connectivity index (χ1) is 7.69. The van der Waals surface area contributed by atoms with Crippen molar-refractivity contribution in [2.45, 2.75) is 19.9 Å². The highest BCUT2D eigenvalue weighted by Gasteiger charge is 2.08. The minimum atomic E-state index is -0.186. The van der Waals surface area contributed by atoms with Gasteiger partial charge in [-0.3, -0.25) is 4.90 Å². The minimum Gasteiger partial charge on any atom is -0.299 e. The first-order valence-corrected chi connectivity index (χ1v) is 7.31. The Hall–Kier alpha value is 0.0700. The van der Waals surface area contributed by atoms with Crippen molar-refractivity contribution in [2.24, 2.45) is 0 Å². The average Bonchev–Trinajstić information content (AvgIpc) is 2.30. The Morgan fingerprint density at radius 1 is 1.38 bits per heavy atom. The molecule has 0 bridgehead atoms. The molecule has 0 spiro atoms. The normalized spacial score (nSPS) is 11.1. The van der Waals surface area contributed by atoms with Crippen molar-refractivity contribution >= 4 is 31.9 Å². The van der Waals surface area contributed by atoms with Crippen molar-refractivity contribution in [1.82, 2.24) is 4.90 Å². The fourth-order valence-electron chi connectivity index (χ4n) is 1.54. The van der Waals surface area contributed by atoms with E-state index in [4.69, 9.17) is 0 Å². The largest absolute Gasteiger partial charge is 0.299 e. The zero-order chi connectivity index (χ0) is 12.0. The van der Waals surface area contributed by atoms with Gasteiger partial charge in [-0.15, -0.1) is 0 Å². The van der Waals surface area contributed by atoms with E-state index in [1.807, 2.05) is 6.07 Å². The van der Waals surface area contributed by atoms with Crippen molar-refractivity contribution < 1.29 is 4.39 Å². The Morgan fingerprint density at radius 2 is 2.12 bits per heavy atom. The van der Waals surface area contributed by atoms with Gasteiger partial charge in [-0.25, -0.2) is 4.39 Å². The number of alkyl halides is 1. The number of hydrogen-bond acceptors (Lipinski definition) is 1. The first-order valence-electron chi connectivity index (χ1n) is 5.40. The predicted molar refractivity (Wildman–Crippen MR) is 73.5 cm³/mol. The lowest BCUT2D eigenvalue weighted by Crippen LogP contribution is -2.24. The van der Waals surface area contributed by atoms with E-state index in [9.17, 15) is 4.39 Å². The summed E-state index contributed by atoms with van der Waals surface area (Å²) in [5.74, 6) is -0.186. The molecule has 1 aromatic carbocycles. The third-order valence-corrected chi connectivity index (χ3v) is 3.93. The highest BCUT2D eigenvalue weighted by molar-refractivity contribution is 9.10. The minimum absolute atomic E-state index is 0.186. The molecule has 0 fully saturated rings. The maximum Gasteiger partial charge on any atom is 0.137 e. The molecule has 0 aromatic heterocycles. The van der Waals surface area contributed by atoms with E-state index in [0.29, 0.717) is 4.47 Å². The molecule has 0 amide bonds. The van der Waals surface area contributed by atoms with Crippen molar-refractivity contribution in [3.63, 3.8) is 0 Å². The van der Waals surface area contributed by atoms with Crippen LogP contribution in [0.3, 0.4) is 0 Å². The van der Waals surface area contributed by atoms with Gasteiger partial charge in [0.15, 0.2) is 0 Å². The SMILES string of the molecule is CCN(CCCBr)Cc1cccc(F)c1Br. The molecule has 0 N–H and O–H groups in total. The Labute approximate surface area is 113 Å². The van der Waals surface area contributed by atoms with Crippen LogP contribution in [-0.4, -0.2) is 23.3 Å². The van der Waals surface area contributed by atoms with E-state index < -0.39 is 0 Å². The van der Waals surface area contributed by atoms with Crippen LogP contribution in [0.5, 0.6) is 0 Å². The Bertz CT molecular complexity index is 331. The third kappa shape index (κ3) is 4.15. The first kappa shape index (κ1) is 14.1. The molecule has 0 radical (unpaired) electrons. The van der Waals surface area contributed by atoms with E-state index in [0.717, 1.165) is 36.9 Å². The number of rotatable bonds is 6. The fraction of sp³-hybridized carbons (Fsp3) is 0.500. The van der Waals surface area contributed by atoms with Gasteiger partial charge in [0.2, 0.25) is 0 Å². The molecule has 0 aliphatic rings. The molecule has 1 rings (SSSR count). The summed E-state index contributed by atoms with van der Waals surface area (Å²) in [6.07, 6.45) is 1.11.